The van der Waals surface area contributed by atoms with Gasteiger partial charge in [0.1, 0.15) is 0 Å². The van der Waals surface area contributed by atoms with Crippen LogP contribution in [0.1, 0.15) is 11.1 Å². The third-order valence-corrected chi connectivity index (χ3v) is 2.49. The largest absolute Gasteiger partial charge is 0.338 e. The molecule has 5 nitrogen and oxygen atoms in total. The Morgan fingerprint density at radius 2 is 2.06 bits per heavy atom. The Kier molecular flexibility index (Phi) is 3.96. The minimum Gasteiger partial charge on any atom is -0.338 e. The summed E-state index contributed by atoms with van der Waals surface area (Å²) in [6.07, 6.45) is 2.27. The third-order valence-electron chi connectivity index (χ3n) is 2.49. The van der Waals surface area contributed by atoms with E-state index in [9.17, 15) is 4.79 Å². The van der Waals surface area contributed by atoms with Gasteiger partial charge in [0.05, 0.1) is 6.20 Å². The highest BCUT2D eigenvalue weighted by Crippen LogP contribution is 2.04. The molecule has 5 heteroatoms. The molecule has 0 aliphatic rings. The molecule has 1 aromatic heterocycles. The van der Waals surface area contributed by atoms with Crippen LogP contribution in [0.15, 0.2) is 41.1 Å². The van der Waals surface area contributed by atoms with Gasteiger partial charge in [-0.3, -0.25) is 5.32 Å². The molecule has 0 fully saturated rings. The zero-order valence-electron chi connectivity index (χ0n) is 10.1. The third kappa shape index (κ3) is 3.62. The van der Waals surface area contributed by atoms with E-state index < -0.39 is 0 Å². The summed E-state index contributed by atoms with van der Waals surface area (Å²) in [4.78, 5) is 11.4. The van der Waals surface area contributed by atoms with Crippen molar-refractivity contribution in [3.05, 3.63) is 47.7 Å². The monoisotopic (exact) mass is 245 g/mol. The van der Waals surface area contributed by atoms with Crippen molar-refractivity contribution in [2.75, 3.05) is 11.9 Å². The first-order chi connectivity index (χ1) is 8.74. The molecule has 0 saturated carbocycles. The number of nitrogens with zero attached hydrogens (tertiary/aromatic N) is 1. The van der Waals surface area contributed by atoms with Crippen LogP contribution in [0.4, 0.5) is 10.7 Å². The van der Waals surface area contributed by atoms with Crippen molar-refractivity contribution in [1.82, 2.24) is 10.5 Å². The molecule has 0 bridgehead atoms. The van der Waals surface area contributed by atoms with Gasteiger partial charge in [-0.05, 0) is 18.9 Å². The molecule has 1 heterocycles. The van der Waals surface area contributed by atoms with Crippen LogP contribution in [-0.4, -0.2) is 17.7 Å². The van der Waals surface area contributed by atoms with E-state index in [0.717, 1.165) is 6.42 Å². The van der Waals surface area contributed by atoms with E-state index in [0.29, 0.717) is 12.4 Å². The van der Waals surface area contributed by atoms with Gasteiger partial charge < -0.3 is 9.84 Å². The fraction of sp³-hybridized carbons (Fsp3) is 0.231. The van der Waals surface area contributed by atoms with Gasteiger partial charge in [0.25, 0.3) is 0 Å². The number of rotatable bonds is 4. The second-order valence-corrected chi connectivity index (χ2v) is 3.99. The Morgan fingerprint density at radius 3 is 2.72 bits per heavy atom. The van der Waals surface area contributed by atoms with Crippen LogP contribution in [-0.2, 0) is 6.42 Å². The van der Waals surface area contributed by atoms with Crippen molar-refractivity contribution < 1.29 is 9.32 Å². The first-order valence-corrected chi connectivity index (χ1v) is 5.75. The van der Waals surface area contributed by atoms with E-state index in [4.69, 9.17) is 4.52 Å². The number of amides is 2. The molecule has 0 spiro atoms. The van der Waals surface area contributed by atoms with E-state index >= 15 is 0 Å². The number of benzene rings is 1. The highest BCUT2D eigenvalue weighted by molar-refractivity contribution is 5.87. The quantitative estimate of drug-likeness (QED) is 0.868. The highest BCUT2D eigenvalue weighted by Gasteiger charge is 2.03. The van der Waals surface area contributed by atoms with Gasteiger partial charge in [0.2, 0.25) is 5.88 Å². The van der Waals surface area contributed by atoms with E-state index in [1.54, 1.807) is 6.07 Å². The topological polar surface area (TPSA) is 67.2 Å². The lowest BCUT2D eigenvalue weighted by Crippen LogP contribution is -2.30. The summed E-state index contributed by atoms with van der Waals surface area (Å²) in [5.74, 6) is 0.336. The summed E-state index contributed by atoms with van der Waals surface area (Å²) < 4.78 is 4.76. The fourth-order valence-electron chi connectivity index (χ4n) is 1.51. The van der Waals surface area contributed by atoms with Crippen LogP contribution in [0.2, 0.25) is 0 Å². The van der Waals surface area contributed by atoms with Gasteiger partial charge in [0, 0.05) is 12.6 Å². The lowest BCUT2D eigenvalue weighted by molar-refractivity contribution is 0.251. The fourth-order valence-corrected chi connectivity index (χ4v) is 1.51. The number of carbonyl (C=O) groups excluding carboxylic acids is 1. The molecule has 0 atom stereocenters. The minimum absolute atomic E-state index is 0.293. The highest BCUT2D eigenvalue weighted by atomic mass is 16.5. The molecule has 1 aromatic carbocycles. The van der Waals surface area contributed by atoms with Crippen LogP contribution in [0.3, 0.4) is 0 Å². The molecule has 2 rings (SSSR count). The molecule has 2 N–H and O–H groups in total. The number of carbonyl (C=O) groups is 1. The van der Waals surface area contributed by atoms with Crippen LogP contribution in [0.25, 0.3) is 0 Å². The normalized spacial score (nSPS) is 10.1. The summed E-state index contributed by atoms with van der Waals surface area (Å²) in [6, 6.07) is 9.53. The molecule has 0 radical (unpaired) electrons. The number of anilines is 1. The second-order valence-electron chi connectivity index (χ2n) is 3.99. The van der Waals surface area contributed by atoms with E-state index in [1.807, 2.05) is 6.92 Å². The van der Waals surface area contributed by atoms with Crippen molar-refractivity contribution >= 4 is 11.9 Å². The maximum absolute atomic E-state index is 11.4. The van der Waals surface area contributed by atoms with Crippen LogP contribution in [0.5, 0.6) is 0 Å². The molecule has 0 saturated heterocycles. The van der Waals surface area contributed by atoms with Gasteiger partial charge in [0.15, 0.2) is 0 Å². The molecule has 0 unspecified atom stereocenters. The Bertz CT molecular complexity index is 491. The summed E-state index contributed by atoms with van der Waals surface area (Å²) in [5.41, 5.74) is 2.43. The number of aryl methyl sites for hydroxylation is 1. The first-order valence-electron chi connectivity index (χ1n) is 5.75. The van der Waals surface area contributed by atoms with Gasteiger partial charge in [-0.2, -0.15) is 0 Å². The molecular formula is C13H15N3O2. The minimum atomic E-state index is -0.293. The SMILES string of the molecule is Cc1ccc(CCNC(=O)Nc2ccno2)cc1. The van der Waals surface area contributed by atoms with Crippen molar-refractivity contribution in [3.63, 3.8) is 0 Å². The second kappa shape index (κ2) is 5.86. The van der Waals surface area contributed by atoms with Crippen molar-refractivity contribution in [2.45, 2.75) is 13.3 Å². The zero-order chi connectivity index (χ0) is 12.8. The lowest BCUT2D eigenvalue weighted by atomic mass is 10.1. The van der Waals surface area contributed by atoms with Crippen LogP contribution >= 0.6 is 0 Å². The van der Waals surface area contributed by atoms with Gasteiger partial charge >= 0.3 is 6.03 Å². The van der Waals surface area contributed by atoms with Gasteiger partial charge in [-0.1, -0.05) is 35.0 Å². The van der Waals surface area contributed by atoms with E-state index in [1.165, 1.54) is 17.3 Å². The number of urea groups is 1. The Balaban J connectivity index is 1.72. The molecule has 2 aromatic rings. The molecular weight excluding hydrogens is 230 g/mol. The first kappa shape index (κ1) is 12.2. The number of aromatic nitrogens is 1. The maximum Gasteiger partial charge on any atom is 0.321 e. The molecule has 18 heavy (non-hydrogen) atoms. The maximum atomic E-state index is 11.4. The average molecular weight is 245 g/mol. The predicted octanol–water partition coefficient (Wildman–Crippen LogP) is 2.35. The Hall–Kier alpha value is -2.30. The van der Waals surface area contributed by atoms with Gasteiger partial charge in [-0.25, -0.2) is 4.79 Å². The molecule has 94 valence electrons. The summed E-state index contributed by atoms with van der Waals surface area (Å²) in [7, 11) is 0. The summed E-state index contributed by atoms with van der Waals surface area (Å²) in [5, 5.41) is 8.78. The smallest absolute Gasteiger partial charge is 0.321 e. The Labute approximate surface area is 105 Å². The number of hydrogen-bond donors (Lipinski definition) is 2. The summed E-state index contributed by atoms with van der Waals surface area (Å²) >= 11 is 0. The standard InChI is InChI=1S/C13H15N3O2/c1-10-2-4-11(5-3-10)6-8-14-13(17)16-12-7-9-15-18-12/h2-5,7,9H,6,8H2,1H3,(H2,14,16,17). The number of nitrogens with one attached hydrogen (secondary N) is 2. The molecule has 0 aliphatic carbocycles. The van der Waals surface area contributed by atoms with Gasteiger partial charge in [-0.15, -0.1) is 0 Å². The summed E-state index contributed by atoms with van der Waals surface area (Å²) in [6.45, 7) is 2.62. The average Bonchev–Trinajstić information content (AvgIpc) is 2.84. The van der Waals surface area contributed by atoms with Crippen LogP contribution < -0.4 is 10.6 Å². The van der Waals surface area contributed by atoms with Crippen molar-refractivity contribution in [2.24, 2.45) is 0 Å². The van der Waals surface area contributed by atoms with Crippen molar-refractivity contribution in [1.29, 1.82) is 0 Å². The van der Waals surface area contributed by atoms with Crippen LogP contribution in [0, 0.1) is 6.92 Å². The molecule has 0 aliphatic heterocycles. The Morgan fingerprint density at radius 1 is 1.28 bits per heavy atom. The van der Waals surface area contributed by atoms with E-state index in [2.05, 4.69) is 40.1 Å². The zero-order valence-corrected chi connectivity index (χ0v) is 10.1. The molecule has 2 amide bonds. The van der Waals surface area contributed by atoms with Crippen molar-refractivity contribution in [3.8, 4) is 0 Å². The van der Waals surface area contributed by atoms with E-state index in [-0.39, 0.29) is 6.03 Å². The number of hydrogen-bond acceptors (Lipinski definition) is 3. The lowest BCUT2D eigenvalue weighted by Gasteiger charge is -2.05. The predicted molar refractivity (Wildman–Crippen MR) is 68.4 cm³/mol.